The summed E-state index contributed by atoms with van der Waals surface area (Å²) in [6.07, 6.45) is 5.62. The lowest BCUT2D eigenvalue weighted by Crippen LogP contribution is -2.48. The molecule has 1 aliphatic heterocycles. The van der Waals surface area contributed by atoms with Crippen LogP contribution in [0.1, 0.15) is 19.3 Å². The largest absolute Gasteiger partial charge is 0.453 e. The van der Waals surface area contributed by atoms with E-state index in [0.29, 0.717) is 0 Å². The van der Waals surface area contributed by atoms with Crippen LogP contribution in [-0.2, 0) is 4.74 Å². The van der Waals surface area contributed by atoms with E-state index in [2.05, 4.69) is 13.6 Å². The third kappa shape index (κ3) is 2.54. The molecule has 0 aromatic rings. The topological polar surface area (TPSA) is 9.23 Å². The summed E-state index contributed by atoms with van der Waals surface area (Å²) < 4.78 is 6.27. The van der Waals surface area contributed by atoms with Gasteiger partial charge in [0.1, 0.15) is 0 Å². The van der Waals surface area contributed by atoms with Crippen molar-refractivity contribution in [1.82, 2.24) is 0 Å². The van der Waals surface area contributed by atoms with E-state index in [1.807, 2.05) is 0 Å². The Bertz CT molecular complexity index is 128. The minimum Gasteiger partial charge on any atom is -0.453 e. The fourth-order valence-corrected chi connectivity index (χ4v) is 1.64. The van der Waals surface area contributed by atoms with Crippen molar-refractivity contribution in [1.29, 1.82) is 0 Å². The zero-order valence-corrected chi connectivity index (χ0v) is 7.38. The first-order valence-electron chi connectivity index (χ1n) is 4.33. The van der Waals surface area contributed by atoms with Crippen molar-refractivity contribution in [3.63, 3.8) is 0 Å². The van der Waals surface area contributed by atoms with Gasteiger partial charge in [-0.15, -0.1) is 0 Å². The predicted molar refractivity (Wildman–Crippen MR) is 45.9 cm³/mol. The van der Waals surface area contributed by atoms with Crippen molar-refractivity contribution in [3.8, 4) is 0 Å². The van der Waals surface area contributed by atoms with E-state index in [1.54, 1.807) is 0 Å². The monoisotopic (exact) mass is 156 g/mol. The molecule has 0 N–H and O–H groups in total. The molecule has 0 unspecified atom stereocenters. The third-order valence-electron chi connectivity index (χ3n) is 2.40. The Morgan fingerprint density at radius 2 is 2.00 bits per heavy atom. The number of rotatable bonds is 3. The van der Waals surface area contributed by atoms with Crippen LogP contribution in [0.3, 0.4) is 0 Å². The molecule has 0 amide bonds. The van der Waals surface area contributed by atoms with E-state index in [-0.39, 0.29) is 0 Å². The zero-order chi connectivity index (χ0) is 8.16. The van der Waals surface area contributed by atoms with Gasteiger partial charge in [-0.1, -0.05) is 6.58 Å². The van der Waals surface area contributed by atoms with Gasteiger partial charge in [-0.05, 0) is 19.3 Å². The van der Waals surface area contributed by atoms with Crippen molar-refractivity contribution < 1.29 is 9.22 Å². The lowest BCUT2D eigenvalue weighted by atomic mass is 10.1. The van der Waals surface area contributed by atoms with E-state index in [1.165, 1.54) is 38.6 Å². The van der Waals surface area contributed by atoms with Gasteiger partial charge in [0.25, 0.3) is 0 Å². The molecule has 0 spiro atoms. The Labute approximate surface area is 69.0 Å². The second-order valence-electron chi connectivity index (χ2n) is 3.59. The van der Waals surface area contributed by atoms with E-state index >= 15 is 0 Å². The van der Waals surface area contributed by atoms with E-state index < -0.39 is 0 Å². The second kappa shape index (κ2) is 3.77. The molecule has 0 aliphatic carbocycles. The molecule has 0 bridgehead atoms. The Morgan fingerprint density at radius 3 is 2.55 bits per heavy atom. The van der Waals surface area contributed by atoms with Crippen LogP contribution in [0.4, 0.5) is 0 Å². The summed E-state index contributed by atoms with van der Waals surface area (Å²) in [4.78, 5) is 0. The fraction of sp³-hybridized carbons (Fsp3) is 0.778. The number of ether oxygens (including phenoxy) is 1. The van der Waals surface area contributed by atoms with Crippen LogP contribution in [0, 0.1) is 0 Å². The quantitative estimate of drug-likeness (QED) is 0.446. The van der Waals surface area contributed by atoms with Crippen molar-refractivity contribution >= 4 is 0 Å². The molecule has 11 heavy (non-hydrogen) atoms. The van der Waals surface area contributed by atoms with Gasteiger partial charge in [0.15, 0.2) is 0 Å². The Morgan fingerprint density at radius 1 is 1.36 bits per heavy atom. The Hall–Kier alpha value is -0.500. The molecule has 1 saturated heterocycles. The molecule has 0 saturated carbocycles. The second-order valence-corrected chi connectivity index (χ2v) is 3.59. The highest BCUT2D eigenvalue weighted by atomic mass is 16.5. The predicted octanol–water partition coefficient (Wildman–Crippen LogP) is 1.73. The zero-order valence-electron chi connectivity index (χ0n) is 7.38. The summed E-state index contributed by atoms with van der Waals surface area (Å²) >= 11 is 0. The molecule has 0 aromatic carbocycles. The minimum absolute atomic E-state index is 0.795. The standard InChI is InChI=1S/C9H18NO/c1-3-11-9-10(2)7-5-4-6-8-10/h3H,1,4-9H2,2H3/q+1. The van der Waals surface area contributed by atoms with Crippen molar-refractivity contribution in [2.45, 2.75) is 19.3 Å². The molecule has 0 radical (unpaired) electrons. The summed E-state index contributed by atoms with van der Waals surface area (Å²) in [5.74, 6) is 0. The number of hydrogen-bond acceptors (Lipinski definition) is 1. The minimum atomic E-state index is 0.795. The molecule has 0 aromatic heterocycles. The number of quaternary nitrogens is 1. The van der Waals surface area contributed by atoms with Crippen LogP contribution in [0.15, 0.2) is 12.8 Å². The van der Waals surface area contributed by atoms with Crippen LogP contribution < -0.4 is 0 Å². The maximum absolute atomic E-state index is 5.21. The van der Waals surface area contributed by atoms with Gasteiger partial charge in [-0.25, -0.2) is 0 Å². The molecular weight excluding hydrogens is 138 g/mol. The average Bonchev–Trinajstić information content (AvgIpc) is 2.03. The summed E-state index contributed by atoms with van der Waals surface area (Å²) in [5, 5.41) is 0. The fourth-order valence-electron chi connectivity index (χ4n) is 1.64. The van der Waals surface area contributed by atoms with Crippen molar-refractivity contribution in [2.24, 2.45) is 0 Å². The third-order valence-corrected chi connectivity index (χ3v) is 2.40. The molecule has 1 rings (SSSR count). The molecule has 1 heterocycles. The summed E-state index contributed by atoms with van der Waals surface area (Å²) in [7, 11) is 2.25. The van der Waals surface area contributed by atoms with Crippen molar-refractivity contribution in [3.05, 3.63) is 12.8 Å². The van der Waals surface area contributed by atoms with E-state index in [0.717, 1.165) is 11.2 Å². The van der Waals surface area contributed by atoms with Crippen LogP contribution in [0.5, 0.6) is 0 Å². The molecule has 64 valence electrons. The van der Waals surface area contributed by atoms with E-state index in [4.69, 9.17) is 4.74 Å². The van der Waals surface area contributed by atoms with Crippen LogP contribution in [0.2, 0.25) is 0 Å². The molecule has 1 fully saturated rings. The number of nitrogens with zero attached hydrogens (tertiary/aromatic N) is 1. The highest BCUT2D eigenvalue weighted by Crippen LogP contribution is 2.15. The lowest BCUT2D eigenvalue weighted by Gasteiger charge is -2.36. The Kier molecular flexibility index (Phi) is 2.94. The molecule has 2 heteroatoms. The van der Waals surface area contributed by atoms with Gasteiger partial charge in [-0.2, -0.15) is 0 Å². The van der Waals surface area contributed by atoms with Gasteiger partial charge in [0.05, 0.1) is 26.4 Å². The molecule has 0 atom stereocenters. The van der Waals surface area contributed by atoms with Gasteiger partial charge in [0.2, 0.25) is 6.73 Å². The average molecular weight is 156 g/mol. The highest BCUT2D eigenvalue weighted by molar-refractivity contribution is 4.51. The number of likely N-dealkylation sites (tertiary alicyclic amines) is 1. The van der Waals surface area contributed by atoms with Crippen LogP contribution >= 0.6 is 0 Å². The van der Waals surface area contributed by atoms with Gasteiger partial charge in [-0.3, -0.25) is 4.48 Å². The van der Waals surface area contributed by atoms with Gasteiger partial charge >= 0.3 is 0 Å². The first-order valence-corrected chi connectivity index (χ1v) is 4.33. The lowest BCUT2D eigenvalue weighted by molar-refractivity contribution is -0.930. The summed E-state index contributed by atoms with van der Waals surface area (Å²) in [6.45, 7) is 6.85. The number of hydrogen-bond donors (Lipinski definition) is 0. The van der Waals surface area contributed by atoms with E-state index in [9.17, 15) is 0 Å². The van der Waals surface area contributed by atoms with Crippen LogP contribution in [-0.4, -0.2) is 31.4 Å². The molecular formula is C9H18NO+. The summed E-state index contributed by atoms with van der Waals surface area (Å²) in [5.41, 5.74) is 0. The normalized spacial score (nSPS) is 22.6. The molecule has 1 aliphatic rings. The van der Waals surface area contributed by atoms with Crippen LogP contribution in [0.25, 0.3) is 0 Å². The highest BCUT2D eigenvalue weighted by Gasteiger charge is 2.24. The Balaban J connectivity index is 2.30. The smallest absolute Gasteiger partial charge is 0.222 e. The first kappa shape index (κ1) is 8.60. The number of piperidine rings is 1. The maximum atomic E-state index is 5.21. The van der Waals surface area contributed by atoms with Gasteiger partial charge < -0.3 is 4.74 Å². The van der Waals surface area contributed by atoms with Crippen molar-refractivity contribution in [2.75, 3.05) is 26.9 Å². The van der Waals surface area contributed by atoms with Gasteiger partial charge in [0, 0.05) is 0 Å². The summed E-state index contributed by atoms with van der Waals surface area (Å²) in [6, 6.07) is 0. The molecule has 2 nitrogen and oxygen atoms in total. The first-order chi connectivity index (χ1) is 5.27. The maximum Gasteiger partial charge on any atom is 0.222 e. The SMILES string of the molecule is C=COC[N+]1(C)CCCCC1.